The van der Waals surface area contributed by atoms with Crippen LogP contribution in [0.3, 0.4) is 0 Å². The second-order valence-electron chi connectivity index (χ2n) is 2.96. The molecule has 0 rings (SSSR count). The minimum Gasteiger partial charge on any atom is -0.307 e. The topological polar surface area (TPSA) is 3.24 Å². The molecule has 0 aromatic carbocycles. The zero-order chi connectivity index (χ0) is 13.1. The monoisotopic (exact) mass is 219 g/mol. The molecule has 0 heterocycles. The summed E-state index contributed by atoms with van der Waals surface area (Å²) < 4.78 is 0. The van der Waals surface area contributed by atoms with Gasteiger partial charge in [0.1, 0.15) is 0 Å². The maximum absolute atomic E-state index is 2.34. The van der Waals surface area contributed by atoms with Crippen LogP contribution in [0.2, 0.25) is 0 Å². The van der Waals surface area contributed by atoms with Gasteiger partial charge in [-0.25, -0.2) is 0 Å². The molecule has 0 aromatic rings. The van der Waals surface area contributed by atoms with E-state index in [1.54, 1.807) is 0 Å². The van der Waals surface area contributed by atoms with Gasteiger partial charge in [0, 0.05) is 0 Å². The Morgan fingerprint density at radius 1 is 0.800 bits per heavy atom. The first-order chi connectivity index (χ1) is 7.22. The van der Waals surface area contributed by atoms with Crippen molar-refractivity contribution in [2.45, 2.75) is 74.7 Å². The summed E-state index contributed by atoms with van der Waals surface area (Å²) in [6.07, 6.45) is 3.90. The van der Waals surface area contributed by atoms with Crippen LogP contribution in [-0.2, 0) is 0 Å². The molecule has 0 aliphatic heterocycles. The highest BCUT2D eigenvalue weighted by Crippen LogP contribution is 1.89. The van der Waals surface area contributed by atoms with Crippen molar-refractivity contribution in [1.82, 2.24) is 4.90 Å². The fraction of sp³-hybridized carbons (Fsp3) is 1.00. The Morgan fingerprint density at radius 2 is 1.13 bits per heavy atom. The van der Waals surface area contributed by atoms with Gasteiger partial charge in [-0.2, -0.15) is 0 Å². The van der Waals surface area contributed by atoms with E-state index in [1.807, 2.05) is 27.7 Å². The van der Waals surface area contributed by atoms with Gasteiger partial charge in [0.05, 0.1) is 0 Å². The molecule has 0 unspecified atom stereocenters. The first kappa shape index (κ1) is 24.3. The van der Waals surface area contributed by atoms with Crippen molar-refractivity contribution in [2.24, 2.45) is 0 Å². The van der Waals surface area contributed by atoms with Crippen molar-refractivity contribution in [3.8, 4) is 0 Å². The number of rotatable bonds is 4. The zero-order valence-electron chi connectivity index (χ0n) is 13.0. The van der Waals surface area contributed by atoms with Gasteiger partial charge in [-0.05, 0) is 26.6 Å². The maximum Gasteiger partial charge on any atom is -0.00220 e. The first-order valence-electron chi connectivity index (χ1n) is 6.91. The Balaban J connectivity index is -0.0000000726. The van der Waals surface area contributed by atoms with Crippen LogP contribution in [0.4, 0.5) is 0 Å². The molecule has 15 heavy (non-hydrogen) atoms. The average molecular weight is 219 g/mol. The predicted molar refractivity (Wildman–Crippen MR) is 76.7 cm³/mol. The standard InChI is InChI=1S/C7H17N.C3H8.2C2H6/c1-4-6-7-8(3)5-2;1-3-2;2*1-2/h4-7H2,1-3H3;3H2,1-2H3;2*1-2H3. The summed E-state index contributed by atoms with van der Waals surface area (Å²) in [4.78, 5) is 2.34. The summed E-state index contributed by atoms with van der Waals surface area (Å²) in [6, 6.07) is 0. The largest absolute Gasteiger partial charge is 0.307 e. The molecule has 0 aliphatic carbocycles. The normalized spacial score (nSPS) is 7.60. The van der Waals surface area contributed by atoms with Gasteiger partial charge in [0.2, 0.25) is 0 Å². The van der Waals surface area contributed by atoms with Crippen molar-refractivity contribution in [2.75, 3.05) is 20.1 Å². The molecule has 0 radical (unpaired) electrons. The molecule has 0 atom stereocenters. The van der Waals surface area contributed by atoms with Crippen LogP contribution in [0.25, 0.3) is 0 Å². The predicted octanol–water partition coefficient (Wildman–Crippen LogP) is 5.21. The van der Waals surface area contributed by atoms with Crippen LogP contribution in [0.15, 0.2) is 0 Å². The van der Waals surface area contributed by atoms with Gasteiger partial charge >= 0.3 is 0 Å². The van der Waals surface area contributed by atoms with E-state index in [0.29, 0.717) is 0 Å². The summed E-state index contributed by atoms with van der Waals surface area (Å²) in [6.45, 7) is 19.1. The van der Waals surface area contributed by atoms with Crippen LogP contribution in [-0.4, -0.2) is 25.0 Å². The van der Waals surface area contributed by atoms with Crippen LogP contribution in [0.5, 0.6) is 0 Å². The molecule has 0 fully saturated rings. The molecule has 0 spiro atoms. The van der Waals surface area contributed by atoms with Gasteiger partial charge in [-0.15, -0.1) is 0 Å². The second kappa shape index (κ2) is 37.0. The molecule has 0 amide bonds. The van der Waals surface area contributed by atoms with E-state index in [2.05, 4.69) is 39.6 Å². The molecule has 0 aliphatic rings. The number of nitrogens with zero attached hydrogens (tertiary/aromatic N) is 1. The van der Waals surface area contributed by atoms with E-state index in [9.17, 15) is 0 Å². The first-order valence-corrected chi connectivity index (χ1v) is 6.91. The third kappa shape index (κ3) is 56.2. The van der Waals surface area contributed by atoms with Gasteiger partial charge < -0.3 is 4.90 Å². The second-order valence-corrected chi connectivity index (χ2v) is 2.96. The number of hydrogen-bond acceptors (Lipinski definition) is 1. The average Bonchev–Trinajstić information content (AvgIpc) is 2.32. The number of hydrogen-bond donors (Lipinski definition) is 0. The summed E-state index contributed by atoms with van der Waals surface area (Å²) in [7, 11) is 2.16. The van der Waals surface area contributed by atoms with E-state index in [0.717, 1.165) is 0 Å². The third-order valence-electron chi connectivity index (χ3n) is 1.43. The third-order valence-corrected chi connectivity index (χ3v) is 1.43. The molecular formula is C14H37N. The molecule has 0 saturated heterocycles. The Labute approximate surface area is 100 Å². The van der Waals surface area contributed by atoms with Crippen molar-refractivity contribution >= 4 is 0 Å². The molecule has 98 valence electrons. The van der Waals surface area contributed by atoms with Crippen LogP contribution < -0.4 is 0 Å². The quantitative estimate of drug-likeness (QED) is 0.627. The van der Waals surface area contributed by atoms with Crippen molar-refractivity contribution < 1.29 is 0 Å². The summed E-state index contributed by atoms with van der Waals surface area (Å²) in [5, 5.41) is 0. The van der Waals surface area contributed by atoms with E-state index < -0.39 is 0 Å². The number of unbranched alkanes of at least 4 members (excludes halogenated alkanes) is 1. The molecule has 1 nitrogen and oxygen atoms in total. The Morgan fingerprint density at radius 3 is 1.33 bits per heavy atom. The lowest BCUT2D eigenvalue weighted by atomic mass is 10.3. The molecule has 0 saturated carbocycles. The lowest BCUT2D eigenvalue weighted by molar-refractivity contribution is 0.346. The van der Waals surface area contributed by atoms with Gasteiger partial charge in [-0.3, -0.25) is 0 Å². The fourth-order valence-corrected chi connectivity index (χ4v) is 0.586. The highest BCUT2D eigenvalue weighted by atomic mass is 15.1. The van der Waals surface area contributed by atoms with Crippen molar-refractivity contribution in [3.63, 3.8) is 0 Å². The van der Waals surface area contributed by atoms with E-state index in [-0.39, 0.29) is 0 Å². The van der Waals surface area contributed by atoms with Crippen LogP contribution in [0, 0.1) is 0 Å². The zero-order valence-corrected chi connectivity index (χ0v) is 13.0. The van der Waals surface area contributed by atoms with Gasteiger partial charge in [-0.1, -0.05) is 68.2 Å². The highest BCUT2D eigenvalue weighted by Gasteiger charge is 1.89. The fourth-order valence-electron chi connectivity index (χ4n) is 0.586. The summed E-state index contributed by atoms with van der Waals surface area (Å²) in [5.74, 6) is 0. The Bertz CT molecular complexity index is 53.3. The maximum atomic E-state index is 2.34. The van der Waals surface area contributed by atoms with E-state index >= 15 is 0 Å². The van der Waals surface area contributed by atoms with Gasteiger partial charge in [0.25, 0.3) is 0 Å². The summed E-state index contributed by atoms with van der Waals surface area (Å²) in [5.41, 5.74) is 0. The lowest BCUT2D eigenvalue weighted by Gasteiger charge is -2.11. The minimum absolute atomic E-state index is 1.18. The minimum atomic E-state index is 1.18. The smallest absolute Gasteiger partial charge is 0.00220 e. The van der Waals surface area contributed by atoms with E-state index in [4.69, 9.17) is 0 Å². The highest BCUT2D eigenvalue weighted by molar-refractivity contribution is 4.44. The van der Waals surface area contributed by atoms with Gasteiger partial charge in [0.15, 0.2) is 0 Å². The molecule has 0 aromatic heterocycles. The molecular weight excluding hydrogens is 182 g/mol. The molecule has 1 heteroatoms. The summed E-state index contributed by atoms with van der Waals surface area (Å²) >= 11 is 0. The Hall–Kier alpha value is -0.0400. The van der Waals surface area contributed by atoms with Crippen molar-refractivity contribution in [1.29, 1.82) is 0 Å². The Kier molecular flexibility index (Phi) is 59.9. The van der Waals surface area contributed by atoms with Crippen LogP contribution >= 0.6 is 0 Å². The lowest BCUT2D eigenvalue weighted by Crippen LogP contribution is -2.18. The van der Waals surface area contributed by atoms with Crippen molar-refractivity contribution in [3.05, 3.63) is 0 Å². The SMILES string of the molecule is CC.CC.CCC.CCCCN(C)CC. The molecule has 0 N–H and O–H groups in total. The molecule has 0 bridgehead atoms. The van der Waals surface area contributed by atoms with Crippen LogP contribution in [0.1, 0.15) is 74.7 Å². The van der Waals surface area contributed by atoms with E-state index in [1.165, 1.54) is 32.4 Å².